The Labute approximate surface area is 120 Å². The zero-order valence-corrected chi connectivity index (χ0v) is 12.2. The molecule has 0 radical (unpaired) electrons. The van der Waals surface area contributed by atoms with Crippen LogP contribution in [0.3, 0.4) is 0 Å². The summed E-state index contributed by atoms with van der Waals surface area (Å²) in [6.07, 6.45) is 6.19. The lowest BCUT2D eigenvalue weighted by Gasteiger charge is -2.21. The van der Waals surface area contributed by atoms with E-state index in [0.717, 1.165) is 13.0 Å². The van der Waals surface area contributed by atoms with E-state index in [0.29, 0.717) is 12.0 Å². The highest BCUT2D eigenvalue weighted by Crippen LogP contribution is 2.30. The summed E-state index contributed by atoms with van der Waals surface area (Å²) in [5, 5.41) is 6.06. The zero-order valence-electron chi connectivity index (χ0n) is 12.2. The Morgan fingerprint density at radius 3 is 2.80 bits per heavy atom. The summed E-state index contributed by atoms with van der Waals surface area (Å²) in [6, 6.07) is 8.84. The van der Waals surface area contributed by atoms with Crippen LogP contribution in [0.4, 0.5) is 0 Å². The number of fused-ring (bicyclic) bond motifs is 1. The van der Waals surface area contributed by atoms with Crippen molar-refractivity contribution >= 4 is 10.9 Å². The van der Waals surface area contributed by atoms with E-state index >= 15 is 0 Å². The highest BCUT2D eigenvalue weighted by Gasteiger charge is 2.25. The van der Waals surface area contributed by atoms with Crippen LogP contribution >= 0.6 is 0 Å². The Morgan fingerprint density at radius 2 is 2.10 bits per heavy atom. The van der Waals surface area contributed by atoms with Gasteiger partial charge in [-0.2, -0.15) is 5.10 Å². The Morgan fingerprint density at radius 1 is 1.35 bits per heavy atom. The van der Waals surface area contributed by atoms with Crippen molar-refractivity contribution in [3.8, 4) is 0 Å². The summed E-state index contributed by atoms with van der Waals surface area (Å²) in [4.78, 5) is 0. The van der Waals surface area contributed by atoms with E-state index in [2.05, 4.69) is 41.3 Å². The average molecular weight is 272 g/mol. The van der Waals surface area contributed by atoms with Crippen LogP contribution in [0.1, 0.15) is 38.3 Å². The number of nitrogens with zero attached hydrogens (tertiary/aromatic N) is 2. The molecular formula is C16H24N4. The summed E-state index contributed by atoms with van der Waals surface area (Å²) in [5.74, 6) is 6.50. The van der Waals surface area contributed by atoms with Gasteiger partial charge in [0.1, 0.15) is 0 Å². The molecule has 1 heterocycles. The maximum Gasteiger partial charge on any atom is 0.0719 e. The van der Waals surface area contributed by atoms with Crippen LogP contribution in [0.15, 0.2) is 24.3 Å². The van der Waals surface area contributed by atoms with E-state index in [1.54, 1.807) is 0 Å². The number of aryl methyl sites for hydroxylation is 1. The molecule has 1 aliphatic rings. The van der Waals surface area contributed by atoms with Gasteiger partial charge in [-0.1, -0.05) is 31.0 Å². The third kappa shape index (κ3) is 2.45. The summed E-state index contributed by atoms with van der Waals surface area (Å²) < 4.78 is 2.09. The number of nitrogens with two attached hydrogens (primary N) is 1. The number of hydrogen-bond acceptors (Lipinski definition) is 3. The van der Waals surface area contributed by atoms with Crippen LogP contribution in [0.2, 0.25) is 0 Å². The lowest BCUT2D eigenvalue weighted by Crippen LogP contribution is -2.41. The molecular weight excluding hydrogens is 248 g/mol. The van der Waals surface area contributed by atoms with Crippen molar-refractivity contribution in [1.29, 1.82) is 0 Å². The predicted molar refractivity (Wildman–Crippen MR) is 82.2 cm³/mol. The molecule has 0 amide bonds. The van der Waals surface area contributed by atoms with Crippen LogP contribution in [0.25, 0.3) is 10.9 Å². The topological polar surface area (TPSA) is 55.9 Å². The summed E-state index contributed by atoms with van der Waals surface area (Å²) in [5.41, 5.74) is 5.44. The van der Waals surface area contributed by atoms with Gasteiger partial charge in [0.15, 0.2) is 0 Å². The van der Waals surface area contributed by atoms with E-state index in [1.807, 2.05) is 0 Å². The van der Waals surface area contributed by atoms with Crippen LogP contribution in [0, 0.1) is 5.92 Å². The van der Waals surface area contributed by atoms with Crippen molar-refractivity contribution in [1.82, 2.24) is 15.2 Å². The monoisotopic (exact) mass is 272 g/mol. The highest BCUT2D eigenvalue weighted by molar-refractivity contribution is 5.82. The fourth-order valence-electron chi connectivity index (χ4n) is 3.52. The molecule has 3 rings (SSSR count). The predicted octanol–water partition coefficient (Wildman–Crippen LogP) is 2.62. The highest BCUT2D eigenvalue weighted by atomic mass is 15.3. The van der Waals surface area contributed by atoms with Gasteiger partial charge in [-0.3, -0.25) is 16.0 Å². The van der Waals surface area contributed by atoms with Gasteiger partial charge in [0.25, 0.3) is 0 Å². The molecule has 1 aromatic heterocycles. The zero-order chi connectivity index (χ0) is 13.9. The molecule has 0 saturated heterocycles. The summed E-state index contributed by atoms with van der Waals surface area (Å²) >= 11 is 0. The molecule has 4 nitrogen and oxygen atoms in total. The second-order valence-electron chi connectivity index (χ2n) is 5.80. The minimum Gasteiger partial charge on any atom is -0.271 e. The van der Waals surface area contributed by atoms with Crippen molar-refractivity contribution in [3.63, 3.8) is 0 Å². The first-order valence-electron chi connectivity index (χ1n) is 7.74. The number of aromatic nitrogens is 2. The maximum absolute atomic E-state index is 5.80. The second kappa shape index (κ2) is 5.94. The van der Waals surface area contributed by atoms with Crippen molar-refractivity contribution in [2.75, 3.05) is 0 Å². The molecule has 4 heteroatoms. The normalized spacial score (nSPS) is 17.9. The van der Waals surface area contributed by atoms with Gasteiger partial charge < -0.3 is 0 Å². The quantitative estimate of drug-likeness (QED) is 0.650. The summed E-state index contributed by atoms with van der Waals surface area (Å²) in [7, 11) is 0. The van der Waals surface area contributed by atoms with E-state index in [4.69, 9.17) is 10.9 Å². The number of rotatable bonds is 5. The molecule has 1 unspecified atom stereocenters. The van der Waals surface area contributed by atoms with Crippen molar-refractivity contribution < 1.29 is 0 Å². The van der Waals surface area contributed by atoms with Gasteiger partial charge in [0, 0.05) is 24.4 Å². The van der Waals surface area contributed by atoms with E-state index in [-0.39, 0.29) is 0 Å². The molecule has 108 valence electrons. The van der Waals surface area contributed by atoms with Crippen LogP contribution in [-0.2, 0) is 13.0 Å². The third-order valence-corrected chi connectivity index (χ3v) is 4.63. The fourth-order valence-corrected chi connectivity index (χ4v) is 3.52. The minimum atomic E-state index is 0.348. The molecule has 20 heavy (non-hydrogen) atoms. The van der Waals surface area contributed by atoms with Gasteiger partial charge in [-0.15, -0.1) is 0 Å². The average Bonchev–Trinajstić information content (AvgIpc) is 3.13. The van der Waals surface area contributed by atoms with Crippen molar-refractivity contribution in [2.45, 2.75) is 51.6 Å². The van der Waals surface area contributed by atoms with Gasteiger partial charge in [0.2, 0.25) is 0 Å². The first-order valence-corrected chi connectivity index (χ1v) is 7.74. The molecule has 0 aliphatic heterocycles. The second-order valence-corrected chi connectivity index (χ2v) is 5.80. The first-order chi connectivity index (χ1) is 9.83. The summed E-state index contributed by atoms with van der Waals surface area (Å²) in [6.45, 7) is 3.05. The van der Waals surface area contributed by atoms with E-state index < -0.39 is 0 Å². The molecule has 2 aromatic rings. The Kier molecular flexibility index (Phi) is 4.03. The number of hydrogen-bond donors (Lipinski definition) is 2. The molecule has 0 bridgehead atoms. The van der Waals surface area contributed by atoms with Gasteiger partial charge in [0.05, 0.1) is 11.2 Å². The SMILES string of the molecule is CCn1nc(CC(NN)C2CCCC2)c2ccccc21. The molecule has 1 aromatic carbocycles. The van der Waals surface area contributed by atoms with Crippen LogP contribution in [0.5, 0.6) is 0 Å². The number of benzene rings is 1. The number of hydrazine groups is 1. The number of para-hydroxylation sites is 1. The standard InChI is InChI=1S/C16H24N4/c1-2-20-16-10-6-5-9-13(16)15(19-20)11-14(18-17)12-7-3-4-8-12/h5-6,9-10,12,14,18H,2-4,7-8,11,17H2,1H3. The van der Waals surface area contributed by atoms with Gasteiger partial charge >= 0.3 is 0 Å². The van der Waals surface area contributed by atoms with Crippen LogP contribution < -0.4 is 11.3 Å². The van der Waals surface area contributed by atoms with Crippen molar-refractivity contribution in [2.24, 2.45) is 11.8 Å². The van der Waals surface area contributed by atoms with Crippen LogP contribution in [-0.4, -0.2) is 15.8 Å². The number of nitrogens with one attached hydrogen (secondary N) is 1. The maximum atomic E-state index is 5.80. The van der Waals surface area contributed by atoms with E-state index in [9.17, 15) is 0 Å². The Hall–Kier alpha value is -1.39. The molecule has 0 spiro atoms. The third-order valence-electron chi connectivity index (χ3n) is 4.63. The molecule has 1 atom stereocenters. The minimum absolute atomic E-state index is 0.348. The Bertz CT molecular complexity index is 569. The van der Waals surface area contributed by atoms with E-state index in [1.165, 1.54) is 42.3 Å². The molecule has 1 aliphatic carbocycles. The lowest BCUT2D eigenvalue weighted by molar-refractivity contribution is 0.358. The molecule has 3 N–H and O–H groups in total. The fraction of sp³-hybridized carbons (Fsp3) is 0.562. The largest absolute Gasteiger partial charge is 0.271 e. The van der Waals surface area contributed by atoms with Gasteiger partial charge in [-0.05, 0) is 31.7 Å². The first kappa shape index (κ1) is 13.6. The van der Waals surface area contributed by atoms with Gasteiger partial charge in [-0.25, -0.2) is 0 Å². The lowest BCUT2D eigenvalue weighted by atomic mass is 9.94. The smallest absolute Gasteiger partial charge is 0.0719 e. The molecule has 1 saturated carbocycles. The molecule has 1 fully saturated rings. The van der Waals surface area contributed by atoms with Crippen molar-refractivity contribution in [3.05, 3.63) is 30.0 Å². The Balaban J connectivity index is 1.89.